The molecule has 0 aromatic heterocycles. The number of fused-ring (bicyclic) bond motifs is 3. The van der Waals surface area contributed by atoms with E-state index < -0.39 is 5.97 Å². The van der Waals surface area contributed by atoms with Crippen LogP contribution < -0.4 is 24.3 Å². The fraction of sp³-hybridized carbons (Fsp3) is 0.394. The molecule has 1 fully saturated rings. The van der Waals surface area contributed by atoms with Crippen LogP contribution in [0.25, 0.3) is 11.1 Å². The summed E-state index contributed by atoms with van der Waals surface area (Å²) in [5.74, 6) is 1.46. The van der Waals surface area contributed by atoms with Gasteiger partial charge in [0.05, 0.1) is 32.9 Å². The van der Waals surface area contributed by atoms with Crippen molar-refractivity contribution < 1.29 is 28.5 Å². The predicted molar refractivity (Wildman–Crippen MR) is 161 cm³/mol. The summed E-state index contributed by atoms with van der Waals surface area (Å²) in [7, 11) is 6.91. The van der Waals surface area contributed by atoms with Gasteiger partial charge in [-0.05, 0) is 72.5 Å². The molecule has 0 bridgehead atoms. The summed E-state index contributed by atoms with van der Waals surface area (Å²) in [6.07, 6.45) is 1.31. The molecule has 1 amide bonds. The van der Waals surface area contributed by atoms with Gasteiger partial charge in [-0.2, -0.15) is 0 Å². The molecule has 2 aliphatic rings. The van der Waals surface area contributed by atoms with E-state index in [1.807, 2.05) is 36.4 Å². The minimum Gasteiger partial charge on any atom is -0.493 e. The lowest BCUT2D eigenvalue weighted by molar-refractivity contribution is -0.119. The predicted octanol–water partition coefficient (Wildman–Crippen LogP) is 4.47. The highest BCUT2D eigenvalue weighted by Crippen LogP contribution is 2.50. The number of piperazine rings is 1. The van der Waals surface area contributed by atoms with Gasteiger partial charge in [0.15, 0.2) is 11.5 Å². The van der Waals surface area contributed by atoms with Crippen molar-refractivity contribution in [2.75, 3.05) is 54.6 Å². The van der Waals surface area contributed by atoms with Crippen LogP contribution in [-0.4, -0.2) is 76.2 Å². The number of carbonyl (C=O) groups excluding carboxylic acids is 2. The van der Waals surface area contributed by atoms with Crippen LogP contribution in [0.15, 0.2) is 48.5 Å². The van der Waals surface area contributed by atoms with Crippen molar-refractivity contribution in [1.82, 2.24) is 15.1 Å². The first kappa shape index (κ1) is 29.4. The van der Waals surface area contributed by atoms with Crippen molar-refractivity contribution in [3.63, 3.8) is 0 Å². The Morgan fingerprint density at radius 2 is 1.69 bits per heavy atom. The molecule has 222 valence electrons. The number of rotatable bonds is 8. The molecule has 1 aliphatic heterocycles. The standard InChI is InChI=1S/C33H39N3O6/c1-21(37)34-28-12-9-23-18-29(39-3)31(40-4)32(41-5)30(23)26-11-10-25(19-27(26)28)42-33(38)24-8-6-7-22(17-24)20-36-15-13-35(2)14-16-36/h6-8,10-11,17-19,28H,9,12-16,20H2,1-5H3,(H,34,37)/t28-/m0/s1. The molecule has 5 rings (SSSR count). The number of nitrogens with one attached hydrogen (secondary N) is 1. The highest BCUT2D eigenvalue weighted by Gasteiger charge is 2.30. The van der Waals surface area contributed by atoms with Gasteiger partial charge < -0.3 is 29.2 Å². The Kier molecular flexibility index (Phi) is 8.99. The van der Waals surface area contributed by atoms with Crippen LogP contribution in [-0.2, 0) is 17.8 Å². The highest BCUT2D eigenvalue weighted by molar-refractivity contribution is 5.91. The smallest absolute Gasteiger partial charge is 0.343 e. The van der Waals surface area contributed by atoms with Gasteiger partial charge in [0.25, 0.3) is 0 Å². The number of benzene rings is 3. The molecular weight excluding hydrogens is 534 g/mol. The zero-order chi connectivity index (χ0) is 29.8. The summed E-state index contributed by atoms with van der Waals surface area (Å²) in [6.45, 7) is 6.38. The number of likely N-dealkylation sites (N-methyl/N-ethyl adjacent to an activating group) is 1. The van der Waals surface area contributed by atoms with Crippen molar-refractivity contribution in [2.45, 2.75) is 32.4 Å². The summed E-state index contributed by atoms with van der Waals surface area (Å²) in [6, 6.07) is 14.8. The number of ether oxygens (including phenoxy) is 4. The van der Waals surface area contributed by atoms with Crippen LogP contribution in [0.4, 0.5) is 0 Å². The van der Waals surface area contributed by atoms with Gasteiger partial charge >= 0.3 is 5.97 Å². The maximum atomic E-state index is 13.3. The largest absolute Gasteiger partial charge is 0.493 e. The Labute approximate surface area is 247 Å². The zero-order valence-corrected chi connectivity index (χ0v) is 25.0. The van der Waals surface area contributed by atoms with Gasteiger partial charge in [-0.1, -0.05) is 18.2 Å². The van der Waals surface area contributed by atoms with Crippen LogP contribution in [0.3, 0.4) is 0 Å². The normalized spacial score (nSPS) is 16.9. The van der Waals surface area contributed by atoms with E-state index in [0.29, 0.717) is 41.4 Å². The molecule has 0 spiro atoms. The molecule has 9 heteroatoms. The first-order valence-electron chi connectivity index (χ1n) is 14.3. The topological polar surface area (TPSA) is 89.6 Å². The maximum Gasteiger partial charge on any atom is 0.343 e. The second kappa shape index (κ2) is 12.8. The Morgan fingerprint density at radius 1 is 0.929 bits per heavy atom. The fourth-order valence-electron chi connectivity index (χ4n) is 5.90. The molecule has 0 radical (unpaired) electrons. The van der Waals surface area contributed by atoms with E-state index >= 15 is 0 Å². The third kappa shape index (κ3) is 6.22. The minimum atomic E-state index is -0.427. The summed E-state index contributed by atoms with van der Waals surface area (Å²) in [5.41, 5.74) is 5.16. The van der Waals surface area contributed by atoms with Gasteiger partial charge in [-0.15, -0.1) is 0 Å². The van der Waals surface area contributed by atoms with Gasteiger partial charge in [0, 0.05) is 45.2 Å². The third-order valence-electron chi connectivity index (χ3n) is 8.03. The van der Waals surface area contributed by atoms with E-state index in [4.69, 9.17) is 18.9 Å². The third-order valence-corrected chi connectivity index (χ3v) is 8.03. The van der Waals surface area contributed by atoms with E-state index in [1.165, 1.54) is 6.92 Å². The summed E-state index contributed by atoms with van der Waals surface area (Å²) in [4.78, 5) is 30.2. The van der Waals surface area contributed by atoms with Crippen molar-refractivity contribution in [1.29, 1.82) is 0 Å². The summed E-state index contributed by atoms with van der Waals surface area (Å²) in [5, 5.41) is 3.08. The average Bonchev–Trinajstić information content (AvgIpc) is 3.13. The van der Waals surface area contributed by atoms with Gasteiger partial charge in [0.1, 0.15) is 5.75 Å². The lowest BCUT2D eigenvalue weighted by atomic mass is 9.93. The second-order valence-electron chi connectivity index (χ2n) is 10.9. The molecule has 1 aliphatic carbocycles. The lowest BCUT2D eigenvalue weighted by Crippen LogP contribution is -2.43. The Balaban J connectivity index is 1.46. The number of hydrogen-bond donors (Lipinski definition) is 1. The molecule has 3 aromatic carbocycles. The first-order valence-corrected chi connectivity index (χ1v) is 14.3. The maximum absolute atomic E-state index is 13.3. The first-order chi connectivity index (χ1) is 20.3. The zero-order valence-electron chi connectivity index (χ0n) is 25.0. The lowest BCUT2D eigenvalue weighted by Gasteiger charge is -2.32. The Hall–Kier alpha value is -4.08. The van der Waals surface area contributed by atoms with Crippen LogP contribution >= 0.6 is 0 Å². The van der Waals surface area contributed by atoms with Gasteiger partial charge in [0.2, 0.25) is 11.7 Å². The van der Waals surface area contributed by atoms with Gasteiger partial charge in [-0.25, -0.2) is 4.79 Å². The number of aryl methyl sites for hydroxylation is 1. The molecule has 1 saturated heterocycles. The molecule has 1 heterocycles. The Bertz CT molecular complexity index is 1460. The van der Waals surface area contributed by atoms with E-state index in [0.717, 1.165) is 60.5 Å². The quantitative estimate of drug-likeness (QED) is 0.312. The average molecular weight is 574 g/mol. The van der Waals surface area contributed by atoms with Crippen molar-refractivity contribution in [3.05, 3.63) is 70.8 Å². The number of nitrogens with zero attached hydrogens (tertiary/aromatic N) is 2. The number of hydrogen-bond acceptors (Lipinski definition) is 8. The summed E-state index contributed by atoms with van der Waals surface area (Å²) >= 11 is 0. The SMILES string of the molecule is COc1cc2c(c(OC)c1OC)-c1ccc(OC(=O)c3cccc(CN4CCN(C)CC4)c3)cc1[C@@H](NC(C)=O)CC2. The molecule has 3 aromatic rings. The van der Waals surface area contributed by atoms with E-state index in [9.17, 15) is 9.59 Å². The molecule has 0 unspecified atom stereocenters. The van der Waals surface area contributed by atoms with E-state index in [1.54, 1.807) is 33.5 Å². The van der Waals surface area contributed by atoms with Gasteiger partial charge in [-0.3, -0.25) is 9.69 Å². The van der Waals surface area contributed by atoms with Crippen LogP contribution in [0.5, 0.6) is 23.0 Å². The molecule has 0 saturated carbocycles. The number of esters is 1. The number of methoxy groups -OCH3 is 3. The molecule has 1 atom stereocenters. The van der Waals surface area contributed by atoms with Crippen molar-refractivity contribution >= 4 is 11.9 Å². The molecule has 42 heavy (non-hydrogen) atoms. The monoisotopic (exact) mass is 573 g/mol. The number of carbonyl (C=O) groups is 2. The van der Waals surface area contributed by atoms with Crippen molar-refractivity contribution in [2.24, 2.45) is 0 Å². The number of amides is 1. The van der Waals surface area contributed by atoms with Crippen LogP contribution in [0.1, 0.15) is 46.4 Å². The van der Waals surface area contributed by atoms with E-state index in [-0.39, 0.29) is 11.9 Å². The fourth-order valence-corrected chi connectivity index (χ4v) is 5.90. The van der Waals surface area contributed by atoms with E-state index in [2.05, 4.69) is 22.2 Å². The minimum absolute atomic E-state index is 0.140. The van der Waals surface area contributed by atoms with Crippen molar-refractivity contribution in [3.8, 4) is 34.1 Å². The summed E-state index contributed by atoms with van der Waals surface area (Å²) < 4.78 is 23.0. The Morgan fingerprint density at radius 3 is 2.38 bits per heavy atom. The van der Waals surface area contributed by atoms with Crippen LogP contribution in [0.2, 0.25) is 0 Å². The second-order valence-corrected chi connectivity index (χ2v) is 10.9. The highest BCUT2D eigenvalue weighted by atomic mass is 16.5. The molecular formula is C33H39N3O6. The van der Waals surface area contributed by atoms with Crippen LogP contribution in [0, 0.1) is 0 Å². The molecule has 1 N–H and O–H groups in total. The molecule has 9 nitrogen and oxygen atoms in total.